The number of hydrogen-bond donors (Lipinski definition) is 2. The average molecular weight is 234 g/mol. The number of carboxylic acids is 2. The molecule has 0 amide bonds. The Bertz CT molecular complexity index is 408. The molecular weight excluding hydrogens is 220 g/mol. The van der Waals surface area contributed by atoms with Crippen LogP contribution in [0.15, 0.2) is 43.0 Å². The van der Waals surface area contributed by atoms with Crippen LogP contribution in [0, 0.1) is 5.41 Å². The topological polar surface area (TPSA) is 74.6 Å². The Hall–Kier alpha value is -2.10. The molecule has 4 nitrogen and oxygen atoms in total. The molecule has 0 heterocycles. The van der Waals surface area contributed by atoms with E-state index in [9.17, 15) is 9.59 Å². The van der Waals surface area contributed by atoms with Gasteiger partial charge in [-0.05, 0) is 18.4 Å². The summed E-state index contributed by atoms with van der Waals surface area (Å²) in [6, 6.07) is 8.71. The summed E-state index contributed by atoms with van der Waals surface area (Å²) < 4.78 is 0. The number of allylic oxidation sites excluding steroid dienone is 1. The molecule has 0 bridgehead atoms. The molecule has 0 saturated carbocycles. The summed E-state index contributed by atoms with van der Waals surface area (Å²) in [5, 5.41) is 18.3. The highest BCUT2D eigenvalue weighted by Crippen LogP contribution is 2.28. The minimum absolute atomic E-state index is 0.0511. The Morgan fingerprint density at radius 2 is 1.71 bits per heavy atom. The van der Waals surface area contributed by atoms with E-state index >= 15 is 0 Å². The van der Waals surface area contributed by atoms with Gasteiger partial charge in [-0.3, -0.25) is 9.59 Å². The quantitative estimate of drug-likeness (QED) is 0.582. The Labute approximate surface area is 99.2 Å². The number of rotatable bonds is 6. The monoisotopic (exact) mass is 234 g/mol. The molecule has 2 N–H and O–H groups in total. The number of benzene rings is 1. The molecule has 0 atom stereocenters. The predicted octanol–water partition coefficient (Wildman–Crippen LogP) is 1.96. The first-order valence-electron chi connectivity index (χ1n) is 5.14. The number of carboxylic acid groups (broad SMARTS) is 2. The largest absolute Gasteiger partial charge is 0.480 e. The fourth-order valence-electron chi connectivity index (χ4n) is 1.68. The van der Waals surface area contributed by atoms with Gasteiger partial charge in [0.25, 0.3) is 0 Å². The van der Waals surface area contributed by atoms with E-state index in [0.717, 1.165) is 0 Å². The molecule has 1 aromatic carbocycles. The predicted molar refractivity (Wildman–Crippen MR) is 62.7 cm³/mol. The van der Waals surface area contributed by atoms with Gasteiger partial charge >= 0.3 is 11.9 Å². The highest BCUT2D eigenvalue weighted by molar-refractivity contribution is 5.98. The van der Waals surface area contributed by atoms with Gasteiger partial charge in [-0.2, -0.15) is 0 Å². The van der Waals surface area contributed by atoms with Crippen molar-refractivity contribution in [2.45, 2.75) is 12.8 Å². The molecule has 0 aromatic heterocycles. The zero-order valence-electron chi connectivity index (χ0n) is 9.30. The number of aliphatic carboxylic acids is 2. The van der Waals surface area contributed by atoms with Crippen molar-refractivity contribution in [3.8, 4) is 0 Å². The molecule has 90 valence electrons. The fraction of sp³-hybridized carbons (Fsp3) is 0.231. The van der Waals surface area contributed by atoms with Crippen LogP contribution in [-0.2, 0) is 16.0 Å². The van der Waals surface area contributed by atoms with Gasteiger partial charge in [0.15, 0.2) is 5.41 Å². The Morgan fingerprint density at radius 1 is 1.18 bits per heavy atom. The van der Waals surface area contributed by atoms with Crippen LogP contribution in [0.4, 0.5) is 0 Å². The van der Waals surface area contributed by atoms with Gasteiger partial charge in [-0.1, -0.05) is 36.4 Å². The average Bonchev–Trinajstić information content (AvgIpc) is 2.29. The van der Waals surface area contributed by atoms with E-state index < -0.39 is 17.4 Å². The molecule has 4 heteroatoms. The minimum Gasteiger partial charge on any atom is -0.480 e. The van der Waals surface area contributed by atoms with Gasteiger partial charge in [-0.25, -0.2) is 0 Å². The van der Waals surface area contributed by atoms with Crippen molar-refractivity contribution in [1.82, 2.24) is 0 Å². The van der Waals surface area contributed by atoms with Gasteiger partial charge < -0.3 is 10.2 Å². The molecule has 0 unspecified atom stereocenters. The van der Waals surface area contributed by atoms with Crippen LogP contribution >= 0.6 is 0 Å². The van der Waals surface area contributed by atoms with Gasteiger partial charge in [-0.15, -0.1) is 6.58 Å². The summed E-state index contributed by atoms with van der Waals surface area (Å²) in [6.45, 7) is 3.43. The van der Waals surface area contributed by atoms with Crippen LogP contribution in [0.5, 0.6) is 0 Å². The maximum Gasteiger partial charge on any atom is 0.321 e. The third-order valence-electron chi connectivity index (χ3n) is 2.66. The van der Waals surface area contributed by atoms with E-state index in [0.29, 0.717) is 5.56 Å². The maximum atomic E-state index is 11.2. The van der Waals surface area contributed by atoms with Gasteiger partial charge in [0.1, 0.15) is 0 Å². The second kappa shape index (κ2) is 5.30. The summed E-state index contributed by atoms with van der Waals surface area (Å²) in [7, 11) is 0. The van der Waals surface area contributed by atoms with E-state index in [-0.39, 0.29) is 12.8 Å². The molecule has 1 aromatic rings. The lowest BCUT2D eigenvalue weighted by atomic mass is 9.78. The summed E-state index contributed by atoms with van der Waals surface area (Å²) in [5.74, 6) is -2.68. The van der Waals surface area contributed by atoms with E-state index in [1.165, 1.54) is 6.08 Å². The van der Waals surface area contributed by atoms with Crippen LogP contribution in [0.3, 0.4) is 0 Å². The maximum absolute atomic E-state index is 11.2. The van der Waals surface area contributed by atoms with Crippen molar-refractivity contribution >= 4 is 11.9 Å². The van der Waals surface area contributed by atoms with Gasteiger partial charge in [0, 0.05) is 0 Å². The van der Waals surface area contributed by atoms with E-state index in [2.05, 4.69) is 6.58 Å². The SMILES string of the molecule is C=CCC(Cc1ccccc1)(C(=O)O)C(=O)O. The van der Waals surface area contributed by atoms with Crippen molar-refractivity contribution < 1.29 is 19.8 Å². The fourth-order valence-corrected chi connectivity index (χ4v) is 1.68. The van der Waals surface area contributed by atoms with Crippen LogP contribution in [0.2, 0.25) is 0 Å². The second-order valence-corrected chi connectivity index (χ2v) is 3.85. The third-order valence-corrected chi connectivity index (χ3v) is 2.66. The minimum atomic E-state index is -1.83. The van der Waals surface area contributed by atoms with Crippen LogP contribution in [0.25, 0.3) is 0 Å². The highest BCUT2D eigenvalue weighted by atomic mass is 16.4. The zero-order chi connectivity index (χ0) is 12.9. The van der Waals surface area contributed by atoms with Crippen molar-refractivity contribution in [3.63, 3.8) is 0 Å². The molecule has 1 rings (SSSR count). The second-order valence-electron chi connectivity index (χ2n) is 3.85. The molecular formula is C13H14O4. The molecule has 0 aliphatic heterocycles. The lowest BCUT2D eigenvalue weighted by Gasteiger charge is -2.23. The molecule has 0 aliphatic rings. The van der Waals surface area contributed by atoms with Crippen LogP contribution in [0.1, 0.15) is 12.0 Å². The van der Waals surface area contributed by atoms with Crippen molar-refractivity contribution in [3.05, 3.63) is 48.6 Å². The molecule has 0 spiro atoms. The lowest BCUT2D eigenvalue weighted by Crippen LogP contribution is -2.41. The molecule has 0 saturated heterocycles. The summed E-state index contributed by atoms with van der Waals surface area (Å²) in [5.41, 5.74) is -1.15. The Balaban J connectivity index is 3.10. The summed E-state index contributed by atoms with van der Waals surface area (Å²) in [6.07, 6.45) is 1.17. The van der Waals surface area contributed by atoms with Crippen molar-refractivity contribution in [2.24, 2.45) is 5.41 Å². The van der Waals surface area contributed by atoms with E-state index in [4.69, 9.17) is 10.2 Å². The third kappa shape index (κ3) is 2.72. The van der Waals surface area contributed by atoms with E-state index in [1.807, 2.05) is 0 Å². The normalized spacial score (nSPS) is 10.8. The van der Waals surface area contributed by atoms with Crippen molar-refractivity contribution in [1.29, 1.82) is 0 Å². The molecule has 0 aliphatic carbocycles. The standard InChI is InChI=1S/C13H14O4/c1-2-8-13(11(14)15,12(16)17)9-10-6-4-3-5-7-10/h2-7H,1,8-9H2,(H,14,15)(H,16,17). The molecule has 0 radical (unpaired) electrons. The first-order valence-corrected chi connectivity index (χ1v) is 5.14. The van der Waals surface area contributed by atoms with E-state index in [1.54, 1.807) is 30.3 Å². The first kappa shape index (κ1) is 13.0. The van der Waals surface area contributed by atoms with Gasteiger partial charge in [0.2, 0.25) is 0 Å². The number of hydrogen-bond acceptors (Lipinski definition) is 2. The Kier molecular flexibility index (Phi) is 4.04. The zero-order valence-corrected chi connectivity index (χ0v) is 9.30. The first-order chi connectivity index (χ1) is 8.03. The molecule has 17 heavy (non-hydrogen) atoms. The smallest absolute Gasteiger partial charge is 0.321 e. The van der Waals surface area contributed by atoms with Crippen LogP contribution in [-0.4, -0.2) is 22.2 Å². The summed E-state index contributed by atoms with van der Waals surface area (Å²) in [4.78, 5) is 22.5. The van der Waals surface area contributed by atoms with Gasteiger partial charge in [0.05, 0.1) is 0 Å². The molecule has 0 fully saturated rings. The van der Waals surface area contributed by atoms with Crippen LogP contribution < -0.4 is 0 Å². The lowest BCUT2D eigenvalue weighted by molar-refractivity contribution is -0.164. The van der Waals surface area contributed by atoms with Crippen molar-refractivity contribution in [2.75, 3.05) is 0 Å². The Morgan fingerprint density at radius 3 is 2.12 bits per heavy atom. The summed E-state index contributed by atoms with van der Waals surface area (Å²) >= 11 is 0. The highest BCUT2D eigenvalue weighted by Gasteiger charge is 2.45. The number of carbonyl (C=O) groups is 2.